The third-order valence-corrected chi connectivity index (χ3v) is 6.96. The number of nitrogens with one attached hydrogen (secondary N) is 1. The first-order valence-corrected chi connectivity index (χ1v) is 10.8. The van der Waals surface area contributed by atoms with E-state index in [2.05, 4.69) is 17.3 Å². The maximum Gasteiger partial charge on any atom is 0.225 e. The number of methoxy groups -OCH3 is 1. The Hall–Kier alpha value is -2.37. The minimum absolute atomic E-state index is 0.00510. The van der Waals surface area contributed by atoms with Crippen LogP contribution in [0.4, 0.5) is 0 Å². The number of hydrogen-bond donors (Lipinski definition) is 1. The van der Waals surface area contributed by atoms with Crippen LogP contribution in [0, 0.1) is 5.92 Å². The molecule has 2 aromatic rings. The zero-order valence-corrected chi connectivity index (χ0v) is 18.1. The molecule has 0 unspecified atom stereocenters. The van der Waals surface area contributed by atoms with E-state index in [1.54, 1.807) is 31.4 Å². The zero-order chi connectivity index (χ0) is 21.3. The summed E-state index contributed by atoms with van der Waals surface area (Å²) < 4.78 is 5.13. The van der Waals surface area contributed by atoms with Gasteiger partial charge >= 0.3 is 0 Å². The van der Waals surface area contributed by atoms with Crippen LogP contribution in [-0.2, 0) is 4.79 Å². The van der Waals surface area contributed by atoms with Gasteiger partial charge in [0, 0.05) is 22.7 Å². The van der Waals surface area contributed by atoms with Gasteiger partial charge in [-0.1, -0.05) is 23.7 Å². The summed E-state index contributed by atoms with van der Waals surface area (Å²) in [5.41, 5.74) is 1.71. The number of carbonyl (C=O) groups is 2. The SMILES string of the molecule is COc1ccc(C(=O)CNC(=O)[C@H]2[C@@H](c3ccc(Cl)cc3)C[C@@H]3CC[C@H]2N3C)cc1. The fourth-order valence-electron chi connectivity index (χ4n) is 5.04. The molecule has 2 heterocycles. The second-order valence-electron chi connectivity index (χ2n) is 8.25. The highest BCUT2D eigenvalue weighted by Gasteiger charge is 2.48. The van der Waals surface area contributed by atoms with Crippen molar-refractivity contribution in [3.05, 3.63) is 64.7 Å². The number of amides is 1. The minimum atomic E-state index is -0.182. The van der Waals surface area contributed by atoms with E-state index in [1.165, 1.54) is 0 Å². The van der Waals surface area contributed by atoms with Crippen molar-refractivity contribution in [1.82, 2.24) is 10.2 Å². The standard InChI is InChI=1S/C24H27ClN2O3/c1-27-18-9-12-21(27)23(20(13-18)15-3-7-17(25)8-4-15)24(29)26-14-22(28)16-5-10-19(30-2)11-6-16/h3-8,10-11,18,20-21,23H,9,12-14H2,1-2H3,(H,26,29)/t18-,20+,21+,23-/m0/s1. The number of halogens is 1. The van der Waals surface area contributed by atoms with Crippen molar-refractivity contribution in [2.75, 3.05) is 20.7 Å². The van der Waals surface area contributed by atoms with Gasteiger partial charge in [-0.05, 0) is 74.2 Å². The number of rotatable bonds is 6. The van der Waals surface area contributed by atoms with Crippen molar-refractivity contribution in [1.29, 1.82) is 0 Å². The molecule has 5 nitrogen and oxygen atoms in total. The first-order chi connectivity index (χ1) is 14.5. The summed E-state index contributed by atoms with van der Waals surface area (Å²) in [6.07, 6.45) is 3.06. The average Bonchev–Trinajstić information content (AvgIpc) is 2.99. The predicted octanol–water partition coefficient (Wildman–Crippen LogP) is 3.91. The van der Waals surface area contributed by atoms with E-state index in [9.17, 15) is 9.59 Å². The fourth-order valence-corrected chi connectivity index (χ4v) is 5.17. The number of nitrogens with zero attached hydrogens (tertiary/aromatic N) is 1. The van der Waals surface area contributed by atoms with E-state index < -0.39 is 0 Å². The number of ketones is 1. The Balaban J connectivity index is 1.49. The molecule has 2 aromatic carbocycles. The summed E-state index contributed by atoms with van der Waals surface area (Å²) in [6, 6.07) is 15.5. The van der Waals surface area contributed by atoms with Gasteiger partial charge in [-0.2, -0.15) is 0 Å². The van der Waals surface area contributed by atoms with Gasteiger partial charge in [-0.3, -0.25) is 14.5 Å². The summed E-state index contributed by atoms with van der Waals surface area (Å²) in [4.78, 5) is 28.2. The molecule has 0 radical (unpaired) electrons. The number of benzene rings is 2. The molecule has 0 aromatic heterocycles. The molecule has 0 aliphatic carbocycles. The number of ether oxygens (including phenoxy) is 1. The normalized spacial score (nSPS) is 25.7. The van der Waals surface area contributed by atoms with Crippen LogP contribution in [-0.4, -0.2) is 49.4 Å². The van der Waals surface area contributed by atoms with E-state index in [4.69, 9.17) is 16.3 Å². The smallest absolute Gasteiger partial charge is 0.225 e. The molecule has 0 spiro atoms. The third-order valence-electron chi connectivity index (χ3n) is 6.70. The number of Topliss-reactive ketones (excluding diaryl/α,β-unsaturated/α-hetero) is 1. The van der Waals surface area contributed by atoms with Gasteiger partial charge in [0.1, 0.15) is 5.75 Å². The van der Waals surface area contributed by atoms with Gasteiger partial charge in [-0.25, -0.2) is 0 Å². The maximum atomic E-state index is 13.3. The molecule has 2 bridgehead atoms. The molecule has 4 atom stereocenters. The van der Waals surface area contributed by atoms with Gasteiger partial charge in [0.05, 0.1) is 19.6 Å². The lowest BCUT2D eigenvalue weighted by Gasteiger charge is -2.42. The molecule has 30 heavy (non-hydrogen) atoms. The molecule has 6 heteroatoms. The number of carbonyl (C=O) groups excluding carboxylic acids is 2. The summed E-state index contributed by atoms with van der Waals surface area (Å²) >= 11 is 6.07. The first-order valence-electron chi connectivity index (χ1n) is 10.4. The summed E-state index contributed by atoms with van der Waals surface area (Å²) in [5, 5.41) is 3.62. The van der Waals surface area contributed by atoms with Gasteiger partial charge in [-0.15, -0.1) is 0 Å². The van der Waals surface area contributed by atoms with Crippen LogP contribution in [0.1, 0.15) is 41.1 Å². The molecular weight excluding hydrogens is 400 g/mol. The average molecular weight is 427 g/mol. The fraction of sp³-hybridized carbons (Fsp3) is 0.417. The summed E-state index contributed by atoms with van der Waals surface area (Å²) in [5.74, 6) is 0.490. The lowest BCUT2D eigenvalue weighted by Crippen LogP contribution is -2.52. The van der Waals surface area contributed by atoms with Crippen LogP contribution in [0.2, 0.25) is 5.02 Å². The molecule has 1 amide bonds. The van der Waals surface area contributed by atoms with Gasteiger partial charge in [0.2, 0.25) is 5.91 Å². The monoisotopic (exact) mass is 426 g/mol. The largest absolute Gasteiger partial charge is 0.497 e. The van der Waals surface area contributed by atoms with E-state index in [-0.39, 0.29) is 36.1 Å². The van der Waals surface area contributed by atoms with E-state index >= 15 is 0 Å². The molecule has 0 saturated carbocycles. The Kier molecular flexibility index (Phi) is 6.11. The topological polar surface area (TPSA) is 58.6 Å². The van der Waals surface area contributed by atoms with Crippen LogP contribution >= 0.6 is 11.6 Å². The minimum Gasteiger partial charge on any atom is -0.497 e. The number of piperidine rings is 1. The van der Waals surface area contributed by atoms with Crippen molar-refractivity contribution in [2.24, 2.45) is 5.92 Å². The Morgan fingerprint density at radius 3 is 2.47 bits per heavy atom. The Labute approximate surface area is 182 Å². The van der Waals surface area contributed by atoms with Crippen LogP contribution in [0.25, 0.3) is 0 Å². The van der Waals surface area contributed by atoms with Crippen LogP contribution < -0.4 is 10.1 Å². The molecule has 4 rings (SSSR count). The predicted molar refractivity (Wildman–Crippen MR) is 117 cm³/mol. The van der Waals surface area contributed by atoms with Crippen molar-refractivity contribution in [3.63, 3.8) is 0 Å². The van der Waals surface area contributed by atoms with Crippen molar-refractivity contribution in [3.8, 4) is 5.75 Å². The van der Waals surface area contributed by atoms with E-state index in [1.807, 2.05) is 24.3 Å². The van der Waals surface area contributed by atoms with Crippen molar-refractivity contribution < 1.29 is 14.3 Å². The quantitative estimate of drug-likeness (QED) is 0.711. The molecule has 2 fully saturated rings. The van der Waals surface area contributed by atoms with Crippen LogP contribution in [0.3, 0.4) is 0 Å². The molecule has 2 aliphatic rings. The van der Waals surface area contributed by atoms with Crippen LogP contribution in [0.5, 0.6) is 5.75 Å². The Morgan fingerprint density at radius 1 is 1.10 bits per heavy atom. The van der Waals surface area contributed by atoms with Gasteiger partial charge < -0.3 is 10.1 Å². The highest BCUT2D eigenvalue weighted by Crippen LogP contribution is 2.46. The first kappa shape index (κ1) is 20.9. The third kappa shape index (κ3) is 4.09. The van der Waals surface area contributed by atoms with Gasteiger partial charge in [0.25, 0.3) is 0 Å². The molecule has 2 aliphatic heterocycles. The zero-order valence-electron chi connectivity index (χ0n) is 17.3. The lowest BCUT2D eigenvalue weighted by atomic mass is 9.75. The summed E-state index contributed by atoms with van der Waals surface area (Å²) in [7, 11) is 3.70. The highest BCUT2D eigenvalue weighted by molar-refractivity contribution is 6.30. The van der Waals surface area contributed by atoms with Gasteiger partial charge in [0.15, 0.2) is 5.78 Å². The molecule has 2 saturated heterocycles. The summed E-state index contributed by atoms with van der Waals surface area (Å²) in [6.45, 7) is -0.00510. The Morgan fingerprint density at radius 2 is 1.80 bits per heavy atom. The molecular formula is C24H27ClN2O3. The number of fused-ring (bicyclic) bond motifs is 2. The second kappa shape index (κ2) is 8.78. The van der Waals surface area contributed by atoms with Crippen LogP contribution in [0.15, 0.2) is 48.5 Å². The second-order valence-corrected chi connectivity index (χ2v) is 8.69. The Bertz CT molecular complexity index is 913. The lowest BCUT2D eigenvalue weighted by molar-refractivity contribution is -0.129. The van der Waals surface area contributed by atoms with E-state index in [0.29, 0.717) is 22.4 Å². The maximum absolute atomic E-state index is 13.3. The molecule has 1 N–H and O–H groups in total. The van der Waals surface area contributed by atoms with E-state index in [0.717, 1.165) is 24.8 Å². The highest BCUT2D eigenvalue weighted by atomic mass is 35.5. The molecule has 158 valence electrons. The number of hydrogen-bond acceptors (Lipinski definition) is 4. The van der Waals surface area contributed by atoms with Crippen molar-refractivity contribution >= 4 is 23.3 Å². The van der Waals surface area contributed by atoms with Crippen molar-refractivity contribution in [2.45, 2.75) is 37.3 Å².